The molecule has 1 atom stereocenters. The zero-order valence-electron chi connectivity index (χ0n) is 15.2. The predicted molar refractivity (Wildman–Crippen MR) is 98.8 cm³/mol. The number of nitrogens with one attached hydrogen (secondary N) is 2. The Bertz CT molecular complexity index is 498. The van der Waals surface area contributed by atoms with Crippen LogP contribution >= 0.6 is 0 Å². The van der Waals surface area contributed by atoms with E-state index in [1.54, 1.807) is 7.05 Å². The van der Waals surface area contributed by atoms with Crippen LogP contribution in [0, 0.1) is 12.8 Å². The molecule has 1 aliphatic carbocycles. The molecule has 0 heterocycles. The number of benzene rings is 1. The van der Waals surface area contributed by atoms with Crippen LogP contribution in [0.2, 0.25) is 0 Å². The van der Waals surface area contributed by atoms with Crippen molar-refractivity contribution < 1.29 is 9.47 Å². The number of aryl methyl sites for hydroxylation is 1. The van der Waals surface area contributed by atoms with Crippen molar-refractivity contribution in [2.45, 2.75) is 39.2 Å². The van der Waals surface area contributed by atoms with E-state index in [-0.39, 0.29) is 6.10 Å². The standard InChI is InChI=1S/C19H31N3O2/c1-15-5-9-18(10-6-15)24-16(2)13-22-19(20-3)21-11-4-12-23-14-17-7-8-17/h5-6,9-10,16-17H,4,7-8,11-14H2,1-3H3,(H2,20,21,22). The summed E-state index contributed by atoms with van der Waals surface area (Å²) >= 11 is 0. The third-order valence-electron chi connectivity index (χ3n) is 3.95. The molecule has 0 aromatic heterocycles. The fourth-order valence-corrected chi connectivity index (χ4v) is 2.27. The highest BCUT2D eigenvalue weighted by molar-refractivity contribution is 5.79. The summed E-state index contributed by atoms with van der Waals surface area (Å²) < 4.78 is 11.5. The van der Waals surface area contributed by atoms with E-state index in [9.17, 15) is 0 Å². The monoisotopic (exact) mass is 333 g/mol. The van der Waals surface area contributed by atoms with Gasteiger partial charge in [-0.15, -0.1) is 0 Å². The van der Waals surface area contributed by atoms with Crippen LogP contribution in [0.25, 0.3) is 0 Å². The van der Waals surface area contributed by atoms with Crippen LogP contribution in [0.1, 0.15) is 31.7 Å². The number of nitrogens with zero attached hydrogens (tertiary/aromatic N) is 1. The molecule has 0 spiro atoms. The Morgan fingerprint density at radius 2 is 2.00 bits per heavy atom. The summed E-state index contributed by atoms with van der Waals surface area (Å²) in [6.07, 6.45) is 3.74. The van der Waals surface area contributed by atoms with Gasteiger partial charge in [-0.2, -0.15) is 0 Å². The first-order chi connectivity index (χ1) is 11.7. The highest BCUT2D eigenvalue weighted by atomic mass is 16.5. The van der Waals surface area contributed by atoms with Crippen LogP contribution in [-0.4, -0.2) is 45.4 Å². The minimum absolute atomic E-state index is 0.0631. The topological polar surface area (TPSA) is 54.9 Å². The predicted octanol–water partition coefficient (Wildman–Crippen LogP) is 2.74. The molecule has 1 unspecified atom stereocenters. The Hall–Kier alpha value is -1.75. The maximum atomic E-state index is 5.88. The highest BCUT2D eigenvalue weighted by Gasteiger charge is 2.20. The van der Waals surface area contributed by atoms with Crippen molar-refractivity contribution in [3.05, 3.63) is 29.8 Å². The Balaban J connectivity index is 1.55. The Morgan fingerprint density at radius 3 is 2.67 bits per heavy atom. The summed E-state index contributed by atoms with van der Waals surface area (Å²) in [5.74, 6) is 2.53. The molecule has 5 heteroatoms. The van der Waals surface area contributed by atoms with Crippen LogP contribution in [0.3, 0.4) is 0 Å². The van der Waals surface area contributed by atoms with Gasteiger partial charge in [0.05, 0.1) is 6.54 Å². The molecule has 0 saturated heterocycles. The van der Waals surface area contributed by atoms with Gasteiger partial charge in [-0.3, -0.25) is 4.99 Å². The number of hydrogen-bond donors (Lipinski definition) is 2. The van der Waals surface area contributed by atoms with Crippen molar-refractivity contribution in [2.24, 2.45) is 10.9 Å². The third-order valence-corrected chi connectivity index (χ3v) is 3.95. The maximum absolute atomic E-state index is 5.88. The molecule has 0 radical (unpaired) electrons. The zero-order valence-corrected chi connectivity index (χ0v) is 15.2. The molecule has 0 bridgehead atoms. The molecule has 1 aromatic rings. The maximum Gasteiger partial charge on any atom is 0.191 e. The first-order valence-electron chi connectivity index (χ1n) is 8.93. The van der Waals surface area contributed by atoms with E-state index in [1.807, 2.05) is 19.1 Å². The van der Waals surface area contributed by atoms with Gasteiger partial charge < -0.3 is 20.1 Å². The molecule has 24 heavy (non-hydrogen) atoms. The highest BCUT2D eigenvalue weighted by Crippen LogP contribution is 2.28. The van der Waals surface area contributed by atoms with Crippen molar-refractivity contribution in [1.82, 2.24) is 10.6 Å². The van der Waals surface area contributed by atoms with Crippen LogP contribution in [-0.2, 0) is 4.74 Å². The molecular formula is C19H31N3O2. The second kappa shape index (κ2) is 10.2. The van der Waals surface area contributed by atoms with Gasteiger partial charge in [0.25, 0.3) is 0 Å². The van der Waals surface area contributed by atoms with E-state index >= 15 is 0 Å². The molecule has 1 aliphatic rings. The van der Waals surface area contributed by atoms with Crippen molar-refractivity contribution in [1.29, 1.82) is 0 Å². The molecule has 1 saturated carbocycles. The van der Waals surface area contributed by atoms with Crippen LogP contribution in [0.15, 0.2) is 29.3 Å². The summed E-state index contributed by atoms with van der Waals surface area (Å²) in [6, 6.07) is 8.11. The van der Waals surface area contributed by atoms with Crippen LogP contribution in [0.4, 0.5) is 0 Å². The molecule has 5 nitrogen and oxygen atoms in total. The molecule has 1 fully saturated rings. The van der Waals surface area contributed by atoms with E-state index in [0.29, 0.717) is 6.54 Å². The van der Waals surface area contributed by atoms with Gasteiger partial charge in [0.1, 0.15) is 11.9 Å². The number of aliphatic imine (C=N–C) groups is 1. The Kier molecular flexibility index (Phi) is 7.89. The largest absolute Gasteiger partial charge is 0.489 e. The molecule has 2 rings (SSSR count). The van der Waals surface area contributed by atoms with Gasteiger partial charge in [0.15, 0.2) is 5.96 Å². The molecule has 0 aliphatic heterocycles. The third kappa shape index (κ3) is 7.68. The summed E-state index contributed by atoms with van der Waals surface area (Å²) in [5.41, 5.74) is 1.24. The normalized spacial score (nSPS) is 15.9. The number of guanidine groups is 1. The van der Waals surface area contributed by atoms with Crippen molar-refractivity contribution >= 4 is 5.96 Å². The van der Waals surface area contributed by atoms with E-state index in [2.05, 4.69) is 34.7 Å². The second-order valence-corrected chi connectivity index (χ2v) is 6.49. The average molecular weight is 333 g/mol. The zero-order chi connectivity index (χ0) is 17.2. The molecular weight excluding hydrogens is 302 g/mol. The lowest BCUT2D eigenvalue weighted by molar-refractivity contribution is 0.123. The minimum atomic E-state index is 0.0631. The van der Waals surface area contributed by atoms with E-state index < -0.39 is 0 Å². The van der Waals surface area contributed by atoms with E-state index in [4.69, 9.17) is 9.47 Å². The Morgan fingerprint density at radius 1 is 1.25 bits per heavy atom. The fraction of sp³-hybridized carbons (Fsp3) is 0.632. The molecule has 2 N–H and O–H groups in total. The van der Waals surface area contributed by atoms with Gasteiger partial charge in [-0.25, -0.2) is 0 Å². The van der Waals surface area contributed by atoms with Gasteiger partial charge in [-0.05, 0) is 51.2 Å². The minimum Gasteiger partial charge on any atom is -0.489 e. The van der Waals surface area contributed by atoms with Crippen LogP contribution in [0.5, 0.6) is 5.75 Å². The van der Waals surface area contributed by atoms with E-state index in [1.165, 1.54) is 18.4 Å². The number of hydrogen-bond acceptors (Lipinski definition) is 3. The lowest BCUT2D eigenvalue weighted by Crippen LogP contribution is -2.42. The van der Waals surface area contributed by atoms with Gasteiger partial charge in [0, 0.05) is 26.8 Å². The van der Waals surface area contributed by atoms with Gasteiger partial charge >= 0.3 is 0 Å². The summed E-state index contributed by atoms with van der Waals surface area (Å²) in [6.45, 7) is 7.42. The second-order valence-electron chi connectivity index (χ2n) is 6.49. The summed E-state index contributed by atoms with van der Waals surface area (Å²) in [4.78, 5) is 4.23. The molecule has 1 aromatic carbocycles. The summed E-state index contributed by atoms with van der Waals surface area (Å²) in [7, 11) is 1.78. The summed E-state index contributed by atoms with van der Waals surface area (Å²) in [5, 5.41) is 6.60. The smallest absolute Gasteiger partial charge is 0.191 e. The van der Waals surface area contributed by atoms with Crippen LogP contribution < -0.4 is 15.4 Å². The lowest BCUT2D eigenvalue weighted by Gasteiger charge is -2.18. The average Bonchev–Trinajstić information content (AvgIpc) is 3.40. The molecule has 0 amide bonds. The first kappa shape index (κ1) is 18.6. The van der Waals surface area contributed by atoms with E-state index in [0.717, 1.165) is 43.8 Å². The number of ether oxygens (including phenoxy) is 2. The van der Waals surface area contributed by atoms with Crippen molar-refractivity contribution in [3.63, 3.8) is 0 Å². The lowest BCUT2D eigenvalue weighted by atomic mass is 10.2. The molecule has 134 valence electrons. The van der Waals surface area contributed by atoms with Crippen molar-refractivity contribution in [2.75, 3.05) is 33.4 Å². The van der Waals surface area contributed by atoms with Gasteiger partial charge in [0.2, 0.25) is 0 Å². The first-order valence-corrected chi connectivity index (χ1v) is 8.93. The SMILES string of the molecule is CN=C(NCCCOCC1CC1)NCC(C)Oc1ccc(C)cc1. The fourth-order valence-electron chi connectivity index (χ4n) is 2.27. The number of rotatable bonds is 10. The Labute approximate surface area is 145 Å². The quantitative estimate of drug-likeness (QED) is 0.393. The van der Waals surface area contributed by atoms with Crippen molar-refractivity contribution in [3.8, 4) is 5.75 Å². The van der Waals surface area contributed by atoms with Gasteiger partial charge in [-0.1, -0.05) is 17.7 Å².